The molecule has 3 N–H and O–H groups in total. The summed E-state index contributed by atoms with van der Waals surface area (Å²) in [5.74, 6) is 0. The molecule has 0 radical (unpaired) electrons. The molecule has 0 saturated carbocycles. The van der Waals surface area contributed by atoms with Gasteiger partial charge in [-0.2, -0.15) is 4.79 Å². The highest BCUT2D eigenvalue weighted by Crippen LogP contribution is 2.01. The minimum Gasteiger partial charge on any atom is -0.399 e. The summed E-state index contributed by atoms with van der Waals surface area (Å²) in [6, 6.07) is 7.24. The Morgan fingerprint density at radius 2 is 1.88 bits per heavy atom. The highest BCUT2D eigenvalue weighted by molar-refractivity contribution is 5.79. The first-order valence-electron chi connectivity index (χ1n) is 5.41. The molecular formula is C12H18N3O+. The van der Waals surface area contributed by atoms with Crippen molar-refractivity contribution >= 4 is 17.9 Å². The van der Waals surface area contributed by atoms with Gasteiger partial charge in [-0.05, 0) is 38.1 Å². The first kappa shape index (κ1) is 12.2. The fourth-order valence-electron chi connectivity index (χ4n) is 1.34. The largest absolute Gasteiger partial charge is 0.490 e. The second-order valence-electron chi connectivity index (χ2n) is 3.43. The van der Waals surface area contributed by atoms with Crippen LogP contribution in [-0.4, -0.2) is 30.2 Å². The molecule has 0 aliphatic heterocycles. The SMILES string of the molecule is CCN(CC)C(=O)[NH+]=Cc1ccc(N)cc1. The summed E-state index contributed by atoms with van der Waals surface area (Å²) >= 11 is 0. The lowest BCUT2D eigenvalue weighted by molar-refractivity contribution is -0.348. The molecule has 1 aromatic carbocycles. The number of hydrogen-bond donors (Lipinski definition) is 2. The van der Waals surface area contributed by atoms with Crippen molar-refractivity contribution in [3.63, 3.8) is 0 Å². The number of hydrogen-bond acceptors (Lipinski definition) is 2. The number of anilines is 1. The van der Waals surface area contributed by atoms with Crippen molar-refractivity contribution in [3.05, 3.63) is 29.8 Å². The Morgan fingerprint density at radius 1 is 1.31 bits per heavy atom. The predicted molar refractivity (Wildman–Crippen MR) is 65.3 cm³/mol. The number of nitrogen functional groups attached to an aromatic ring is 1. The first-order chi connectivity index (χ1) is 7.67. The number of urea groups is 1. The van der Waals surface area contributed by atoms with E-state index in [0.717, 1.165) is 5.56 Å². The van der Waals surface area contributed by atoms with Crippen molar-refractivity contribution in [2.45, 2.75) is 13.8 Å². The van der Waals surface area contributed by atoms with Gasteiger partial charge in [0.1, 0.15) is 0 Å². The average Bonchev–Trinajstić information content (AvgIpc) is 2.30. The molecule has 0 unspecified atom stereocenters. The van der Waals surface area contributed by atoms with E-state index >= 15 is 0 Å². The topological polar surface area (TPSA) is 60.3 Å². The minimum absolute atomic E-state index is 0.0816. The Morgan fingerprint density at radius 3 is 2.38 bits per heavy atom. The highest BCUT2D eigenvalue weighted by atomic mass is 16.2. The molecule has 0 atom stereocenters. The summed E-state index contributed by atoms with van der Waals surface area (Å²) in [7, 11) is 0. The van der Waals surface area contributed by atoms with Gasteiger partial charge in [0, 0.05) is 11.3 Å². The number of benzene rings is 1. The molecule has 1 rings (SSSR count). The van der Waals surface area contributed by atoms with E-state index in [0.29, 0.717) is 18.8 Å². The van der Waals surface area contributed by atoms with E-state index in [4.69, 9.17) is 5.73 Å². The summed E-state index contributed by atoms with van der Waals surface area (Å²) in [5.41, 5.74) is 7.21. The summed E-state index contributed by atoms with van der Waals surface area (Å²) in [6.07, 6.45) is 1.68. The number of amides is 2. The second-order valence-corrected chi connectivity index (χ2v) is 3.43. The molecule has 2 amide bonds. The van der Waals surface area contributed by atoms with Gasteiger partial charge < -0.3 is 5.73 Å². The summed E-state index contributed by atoms with van der Waals surface area (Å²) < 4.78 is 0. The van der Waals surface area contributed by atoms with Crippen LogP contribution >= 0.6 is 0 Å². The van der Waals surface area contributed by atoms with E-state index < -0.39 is 0 Å². The molecule has 0 aromatic heterocycles. The maximum absolute atomic E-state index is 11.6. The Hall–Kier alpha value is -1.84. The van der Waals surface area contributed by atoms with Gasteiger partial charge in [0.05, 0.1) is 19.3 Å². The third-order valence-corrected chi connectivity index (χ3v) is 2.35. The lowest BCUT2D eigenvalue weighted by Gasteiger charge is -2.06. The fraction of sp³-hybridized carbons (Fsp3) is 0.333. The van der Waals surface area contributed by atoms with Crippen LogP contribution in [0, 0.1) is 0 Å². The maximum atomic E-state index is 11.6. The Balaban J connectivity index is 2.66. The Bertz CT molecular complexity index is 366. The Labute approximate surface area is 95.8 Å². The molecule has 0 fully saturated rings. The predicted octanol–water partition coefficient (Wildman–Crippen LogP) is 0.230. The normalized spacial score (nSPS) is 10.6. The summed E-state index contributed by atoms with van der Waals surface area (Å²) in [6.45, 7) is 5.31. The van der Waals surface area contributed by atoms with Crippen LogP contribution in [0.2, 0.25) is 0 Å². The Kier molecular flexibility index (Phi) is 4.51. The quantitative estimate of drug-likeness (QED) is 0.566. The first-order valence-corrected chi connectivity index (χ1v) is 5.41. The van der Waals surface area contributed by atoms with Crippen molar-refractivity contribution in [3.8, 4) is 0 Å². The van der Waals surface area contributed by atoms with Gasteiger partial charge in [-0.25, -0.2) is 9.89 Å². The van der Waals surface area contributed by atoms with Crippen LogP contribution in [0.25, 0.3) is 0 Å². The van der Waals surface area contributed by atoms with Gasteiger partial charge in [-0.1, -0.05) is 0 Å². The number of carbonyl (C=O) groups is 1. The zero-order valence-electron chi connectivity index (χ0n) is 9.73. The van der Waals surface area contributed by atoms with E-state index in [-0.39, 0.29) is 6.03 Å². The van der Waals surface area contributed by atoms with Crippen molar-refractivity contribution in [2.24, 2.45) is 0 Å². The lowest BCUT2D eigenvalue weighted by Crippen LogP contribution is -2.78. The molecule has 16 heavy (non-hydrogen) atoms. The maximum Gasteiger partial charge on any atom is 0.490 e. The molecule has 0 heterocycles. The number of nitrogens with one attached hydrogen (secondary N) is 1. The van der Waals surface area contributed by atoms with Crippen LogP contribution in [0.1, 0.15) is 19.4 Å². The molecule has 0 spiro atoms. The van der Waals surface area contributed by atoms with Gasteiger partial charge in [0.25, 0.3) is 0 Å². The molecular weight excluding hydrogens is 202 g/mol. The standard InChI is InChI=1S/C12H17N3O/c1-3-15(4-2)12(16)14-9-10-5-7-11(13)8-6-10/h5-9H,3-4,13H2,1-2H3/p+1. The van der Waals surface area contributed by atoms with Gasteiger partial charge in [0.2, 0.25) is 0 Å². The third-order valence-electron chi connectivity index (χ3n) is 2.35. The van der Waals surface area contributed by atoms with Gasteiger partial charge >= 0.3 is 6.03 Å². The van der Waals surface area contributed by atoms with Crippen molar-refractivity contribution < 1.29 is 9.79 Å². The molecule has 4 nitrogen and oxygen atoms in total. The van der Waals surface area contributed by atoms with Crippen LogP contribution in [-0.2, 0) is 0 Å². The van der Waals surface area contributed by atoms with Crippen molar-refractivity contribution in [2.75, 3.05) is 18.8 Å². The smallest absolute Gasteiger partial charge is 0.399 e. The van der Waals surface area contributed by atoms with Crippen LogP contribution in [0.15, 0.2) is 24.3 Å². The summed E-state index contributed by atoms with van der Waals surface area (Å²) in [4.78, 5) is 16.1. The van der Waals surface area contributed by atoms with E-state index in [1.165, 1.54) is 0 Å². The zero-order valence-corrected chi connectivity index (χ0v) is 9.73. The van der Waals surface area contributed by atoms with Gasteiger partial charge in [-0.3, -0.25) is 0 Å². The molecule has 86 valence electrons. The second kappa shape index (κ2) is 5.90. The van der Waals surface area contributed by atoms with Crippen LogP contribution < -0.4 is 10.7 Å². The van der Waals surface area contributed by atoms with E-state index in [2.05, 4.69) is 4.99 Å². The number of rotatable bonds is 3. The number of nitrogens with zero attached hydrogens (tertiary/aromatic N) is 1. The molecule has 0 aliphatic carbocycles. The molecule has 4 heteroatoms. The third kappa shape index (κ3) is 3.38. The average molecular weight is 220 g/mol. The van der Waals surface area contributed by atoms with Crippen molar-refractivity contribution in [1.82, 2.24) is 4.90 Å². The molecule has 0 saturated heterocycles. The monoisotopic (exact) mass is 220 g/mol. The van der Waals surface area contributed by atoms with Crippen molar-refractivity contribution in [1.29, 1.82) is 0 Å². The van der Waals surface area contributed by atoms with Crippen LogP contribution in [0.4, 0.5) is 10.5 Å². The van der Waals surface area contributed by atoms with E-state index in [9.17, 15) is 4.79 Å². The molecule has 1 aromatic rings. The van der Waals surface area contributed by atoms with E-state index in [1.54, 1.807) is 23.2 Å². The van der Waals surface area contributed by atoms with E-state index in [1.807, 2.05) is 26.0 Å². The zero-order chi connectivity index (χ0) is 12.0. The molecule has 0 aliphatic rings. The van der Waals surface area contributed by atoms with Crippen LogP contribution in [0.3, 0.4) is 0 Å². The highest BCUT2D eigenvalue weighted by Gasteiger charge is 2.14. The van der Waals surface area contributed by atoms with Crippen LogP contribution in [0.5, 0.6) is 0 Å². The van der Waals surface area contributed by atoms with Gasteiger partial charge in [-0.15, -0.1) is 0 Å². The summed E-state index contributed by atoms with van der Waals surface area (Å²) in [5, 5.41) is 0. The number of nitrogens with two attached hydrogens (primary N) is 1. The fourth-order valence-corrected chi connectivity index (χ4v) is 1.34. The minimum atomic E-state index is -0.0816. The lowest BCUT2D eigenvalue weighted by atomic mass is 10.2. The van der Waals surface area contributed by atoms with Gasteiger partial charge in [0.15, 0.2) is 0 Å². The number of carbonyl (C=O) groups excluding carboxylic acids is 1. The molecule has 0 bridgehead atoms.